The molecule has 0 nitrogen and oxygen atoms in total. The van der Waals surface area contributed by atoms with Gasteiger partial charge in [-0.25, -0.2) is 0 Å². The number of hydrogen-bond acceptors (Lipinski definition) is 0. The van der Waals surface area contributed by atoms with Crippen LogP contribution in [0.3, 0.4) is 0 Å². The molecule has 0 fully saturated rings. The minimum atomic E-state index is 0. The first-order valence-corrected chi connectivity index (χ1v) is 2.42. The van der Waals surface area contributed by atoms with E-state index in [4.69, 9.17) is 0 Å². The molecule has 0 amide bonds. The van der Waals surface area contributed by atoms with Crippen molar-refractivity contribution in [1.82, 2.24) is 0 Å². The molecule has 0 unspecified atom stereocenters. The van der Waals surface area contributed by atoms with Crippen molar-refractivity contribution in [3.8, 4) is 0 Å². The Hall–Kier alpha value is 1.78. The quantitative estimate of drug-likeness (QED) is 0.466. The van der Waals surface area contributed by atoms with Gasteiger partial charge in [0, 0.05) is 33.8 Å². The van der Waals surface area contributed by atoms with E-state index in [2.05, 4.69) is 0 Å². The molecule has 0 atom stereocenters. The van der Waals surface area contributed by atoms with Gasteiger partial charge in [0.25, 0.3) is 0 Å². The van der Waals surface area contributed by atoms with Gasteiger partial charge in [0.15, 0.2) is 0 Å². The van der Waals surface area contributed by atoms with Crippen LogP contribution in [0.4, 0.5) is 0 Å². The molecule has 0 bridgehead atoms. The monoisotopic (exact) mass is 226 g/mol. The van der Waals surface area contributed by atoms with Gasteiger partial charge in [0.05, 0.1) is 0 Å². The molecule has 0 rings (SSSR count). The van der Waals surface area contributed by atoms with Crippen LogP contribution >= 0.6 is 0 Å². The Balaban J connectivity index is -0.00000000500. The van der Waals surface area contributed by atoms with Crippen LogP contribution in [0.2, 0.25) is 0 Å². The van der Waals surface area contributed by atoms with Crippen LogP contribution in [0.1, 0.15) is 0 Å². The summed E-state index contributed by atoms with van der Waals surface area (Å²) in [4.78, 5) is 0. The van der Waals surface area contributed by atoms with Gasteiger partial charge in [-0.05, 0) is 0 Å². The molecule has 4 heavy (non-hydrogen) atoms. The van der Waals surface area contributed by atoms with Crippen molar-refractivity contribution in [2.75, 3.05) is 0 Å². The standard InChI is InChI=1S/BH2.Co.Fe.Mo/h1H2;;;/q+1;;;-1. The first kappa shape index (κ1) is 17.1. The molecule has 0 heterocycles. The Morgan fingerprint density at radius 2 is 1.25 bits per heavy atom. The summed E-state index contributed by atoms with van der Waals surface area (Å²) < 4.78 is 0. The van der Waals surface area contributed by atoms with Crippen LogP contribution in [-0.2, 0) is 53.5 Å². The fourth-order valence-corrected chi connectivity index (χ4v) is 0. The molecule has 4 heteroatoms. The predicted octanol–water partition coefficient (Wildman–Crippen LogP) is -0.924. The van der Waals surface area contributed by atoms with Gasteiger partial charge >= 0.3 is 25.7 Å². The second-order valence-electron chi connectivity index (χ2n) is 0. The third-order valence-electron chi connectivity index (χ3n) is 0. The van der Waals surface area contributed by atoms with Crippen molar-refractivity contribution in [2.45, 2.75) is 0 Å². The average molecular weight is 224 g/mol. The van der Waals surface area contributed by atoms with Crippen LogP contribution < -0.4 is 0 Å². The topological polar surface area (TPSA) is 0 Å². The fourth-order valence-electron chi connectivity index (χ4n) is 0. The maximum Gasteiger partial charge on any atom is 0 e. The number of rotatable bonds is 0. The fraction of sp³-hybridized carbons (Fsp3) is 0. The van der Waals surface area contributed by atoms with Gasteiger partial charge in [-0.1, -0.05) is 0 Å². The molecule has 1 radical (unpaired) electrons. The molecule has 0 N–H and O–H groups in total. The summed E-state index contributed by atoms with van der Waals surface area (Å²) in [5.41, 5.74) is 0. The summed E-state index contributed by atoms with van der Waals surface area (Å²) in [5, 5.41) is 0. The third-order valence-corrected chi connectivity index (χ3v) is 0. The van der Waals surface area contributed by atoms with Crippen LogP contribution in [0.25, 0.3) is 0 Å². The van der Waals surface area contributed by atoms with Gasteiger partial charge in [-0.3, -0.25) is 0 Å². The molecule has 0 aromatic carbocycles. The summed E-state index contributed by atoms with van der Waals surface area (Å²) in [5.74, 6) is 0. The summed E-state index contributed by atoms with van der Waals surface area (Å²) in [7, 11) is 0. The van der Waals surface area contributed by atoms with E-state index in [1.165, 1.54) is 0 Å². The molecular weight excluding hydrogens is 222 g/mol. The first-order valence-electron chi connectivity index (χ1n) is 0.408. The van der Waals surface area contributed by atoms with Crippen LogP contribution in [0, 0.1) is 0 Å². The van der Waals surface area contributed by atoms with E-state index in [0.717, 1.165) is 0 Å². The van der Waals surface area contributed by atoms with Crippen LogP contribution in [0.5, 0.6) is 0 Å². The second kappa shape index (κ2) is 21.6. The van der Waals surface area contributed by atoms with E-state index in [0.29, 0.717) is 0 Å². The molecule has 0 saturated carbocycles. The van der Waals surface area contributed by atoms with Gasteiger partial charge in [0.1, 0.15) is 0 Å². The molecule has 0 aromatic heterocycles. The smallest absolute Gasteiger partial charge is 0 e. The van der Waals surface area contributed by atoms with Crippen LogP contribution in [0.15, 0.2) is 0 Å². The van der Waals surface area contributed by atoms with E-state index >= 15 is 0 Å². The summed E-state index contributed by atoms with van der Waals surface area (Å²) in [6, 6.07) is 0. The maximum atomic E-state index is 2.01. The Morgan fingerprint density at radius 1 is 1.25 bits per heavy atom. The largest absolute Gasteiger partial charge is 0 e. The van der Waals surface area contributed by atoms with E-state index in [9.17, 15) is 0 Å². The van der Waals surface area contributed by atoms with E-state index in [-0.39, 0.29) is 33.8 Å². The van der Waals surface area contributed by atoms with Crippen molar-refractivity contribution in [3.05, 3.63) is 0 Å². The predicted molar refractivity (Wildman–Crippen MR) is 8.54 cm³/mol. The number of hydrogen-bond donors (Lipinski definition) is 0. The Morgan fingerprint density at radius 3 is 1.25 bits per heavy atom. The Bertz CT molecular complexity index is 8.00. The van der Waals surface area contributed by atoms with Gasteiger partial charge in [-0.15, -0.1) is 0 Å². The molecule has 0 aliphatic heterocycles. The van der Waals surface area contributed by atoms with Gasteiger partial charge < -0.3 is 0 Å². The van der Waals surface area contributed by atoms with E-state index < -0.39 is 0 Å². The van der Waals surface area contributed by atoms with Crippen molar-refractivity contribution in [1.29, 1.82) is 0 Å². The summed E-state index contributed by atoms with van der Waals surface area (Å²) in [6.07, 6.45) is 2.01. The minimum Gasteiger partial charge on any atom is 0 e. The molecule has 0 saturated heterocycles. The first-order chi connectivity index (χ1) is 1.00. The molecule has 0 aliphatic carbocycles. The average Bonchev–Trinajstić information content (AvgIpc) is 1.00. The molecule has 28 valence electrons. The van der Waals surface area contributed by atoms with Crippen molar-refractivity contribution in [2.24, 2.45) is 0 Å². The van der Waals surface area contributed by atoms with Crippen molar-refractivity contribution < 1.29 is 53.5 Å². The van der Waals surface area contributed by atoms with Crippen LogP contribution in [-0.4, -0.2) is 6.11 Å². The molecule has 0 aromatic rings. The molecular formula is H2BCoFeMo. The molecule has 0 spiro atoms. The minimum absolute atomic E-state index is 0. The zero-order valence-corrected chi connectivity index (χ0v) is 6.25. The van der Waals surface area contributed by atoms with E-state index in [1.807, 2.05) is 25.7 Å². The SMILES string of the molecule is [BH2][Mo].[Co].[Fe]. The zero-order chi connectivity index (χ0) is 2.00. The van der Waals surface area contributed by atoms with E-state index in [1.54, 1.807) is 0 Å². The normalized spacial score (nSPS) is 1.00. The maximum absolute atomic E-state index is 2.01. The summed E-state index contributed by atoms with van der Waals surface area (Å²) in [6.45, 7) is 0. The van der Waals surface area contributed by atoms with Crippen molar-refractivity contribution in [3.63, 3.8) is 0 Å². The summed E-state index contributed by atoms with van der Waals surface area (Å²) >= 11 is 1.95. The van der Waals surface area contributed by atoms with Crippen molar-refractivity contribution >= 4 is 6.11 Å². The zero-order valence-electron chi connectivity index (χ0n) is 2.10. The Labute approximate surface area is 59.2 Å². The Kier molecular flexibility index (Phi) is 92.1. The van der Waals surface area contributed by atoms with Gasteiger partial charge in [-0.2, -0.15) is 0 Å². The molecule has 0 aliphatic rings. The van der Waals surface area contributed by atoms with Gasteiger partial charge in [0.2, 0.25) is 0 Å². The second-order valence-corrected chi connectivity index (χ2v) is 0. The third kappa shape index (κ3) is 9.22.